The van der Waals surface area contributed by atoms with Crippen LogP contribution in [-0.2, 0) is 20.8 Å². The molecule has 1 saturated heterocycles. The van der Waals surface area contributed by atoms with Crippen LogP contribution >= 0.6 is 0 Å². The van der Waals surface area contributed by atoms with Gasteiger partial charge in [0.15, 0.2) is 0 Å². The summed E-state index contributed by atoms with van der Waals surface area (Å²) in [5.74, 6) is 5.42. The number of rotatable bonds is 4. The minimum absolute atomic E-state index is 0.0701. The summed E-state index contributed by atoms with van der Waals surface area (Å²) in [5, 5.41) is 8.43. The van der Waals surface area contributed by atoms with E-state index in [1.165, 1.54) is 4.90 Å². The monoisotopic (exact) mass is 474 g/mol. The number of nitrogens with zero attached hydrogens (tertiary/aromatic N) is 1. The fourth-order valence-corrected chi connectivity index (χ4v) is 4.10. The third-order valence-electron chi connectivity index (χ3n) is 6.17. The number of hydrogen-bond donors (Lipinski definition) is 3. The minimum atomic E-state index is -0.982. The lowest BCUT2D eigenvalue weighted by Gasteiger charge is -2.20. The zero-order valence-corrected chi connectivity index (χ0v) is 19.8. The third-order valence-corrected chi connectivity index (χ3v) is 6.17. The van der Waals surface area contributed by atoms with Gasteiger partial charge in [-0.3, -0.25) is 14.4 Å². The van der Waals surface area contributed by atoms with E-state index in [0.717, 1.165) is 37.1 Å². The van der Waals surface area contributed by atoms with Crippen molar-refractivity contribution in [2.75, 3.05) is 38.2 Å². The molecule has 2 aromatic rings. The topological polar surface area (TPSA) is 99.8 Å². The highest BCUT2D eigenvalue weighted by atomic mass is 16.5. The Bertz CT molecular complexity index is 1130. The van der Waals surface area contributed by atoms with Crippen molar-refractivity contribution >= 4 is 23.4 Å². The standard InChI is InChI=1S/C27H30N4O4/c1-31-23-17-21(8-7-20-11-14-28-15-12-20)9-10-24(23)35-18-22(27(31)34)30-26(33)25(32)29-16-13-19-5-3-2-4-6-19/h2-6,9-10,17,20,22,28H,11-16,18H2,1H3,(H,29,32)(H,30,33)/t22-/m0/s1. The molecule has 8 heteroatoms. The highest BCUT2D eigenvalue weighted by Crippen LogP contribution is 2.31. The maximum absolute atomic E-state index is 13.0. The maximum Gasteiger partial charge on any atom is 0.310 e. The molecule has 8 nitrogen and oxygen atoms in total. The van der Waals surface area contributed by atoms with Crippen molar-refractivity contribution in [2.24, 2.45) is 5.92 Å². The Hall–Kier alpha value is -3.83. The molecule has 0 unspecified atom stereocenters. The van der Waals surface area contributed by atoms with Crippen molar-refractivity contribution in [3.63, 3.8) is 0 Å². The SMILES string of the molecule is CN1C(=O)[C@@H](NC(=O)C(=O)NCCc2ccccc2)COc2ccc(C#CC3CCNCC3)cc21. The molecular weight excluding hydrogens is 444 g/mol. The lowest BCUT2D eigenvalue weighted by atomic mass is 9.98. The summed E-state index contributed by atoms with van der Waals surface area (Å²) < 4.78 is 5.81. The molecule has 182 valence electrons. The lowest BCUT2D eigenvalue weighted by molar-refractivity contribution is -0.140. The highest BCUT2D eigenvalue weighted by Gasteiger charge is 2.32. The van der Waals surface area contributed by atoms with Gasteiger partial charge in [-0.25, -0.2) is 0 Å². The summed E-state index contributed by atoms with van der Waals surface area (Å²) in [7, 11) is 1.62. The van der Waals surface area contributed by atoms with Crippen LogP contribution in [0.4, 0.5) is 5.69 Å². The Kier molecular flexibility index (Phi) is 8.01. The summed E-state index contributed by atoms with van der Waals surface area (Å²) in [6.45, 7) is 2.21. The zero-order chi connectivity index (χ0) is 24.6. The first-order valence-electron chi connectivity index (χ1n) is 11.9. The minimum Gasteiger partial charge on any atom is -0.489 e. The second kappa shape index (κ2) is 11.5. The van der Waals surface area contributed by atoms with Crippen molar-refractivity contribution in [3.05, 3.63) is 59.7 Å². The van der Waals surface area contributed by atoms with Crippen molar-refractivity contribution in [1.82, 2.24) is 16.0 Å². The van der Waals surface area contributed by atoms with E-state index in [1.54, 1.807) is 13.1 Å². The molecule has 4 rings (SSSR count). The summed E-state index contributed by atoms with van der Waals surface area (Å²) in [4.78, 5) is 39.1. The average molecular weight is 475 g/mol. The number of nitrogens with one attached hydrogen (secondary N) is 3. The van der Waals surface area contributed by atoms with E-state index in [2.05, 4.69) is 27.8 Å². The second-order valence-electron chi connectivity index (χ2n) is 8.70. The van der Waals surface area contributed by atoms with Crippen LogP contribution in [0.5, 0.6) is 5.75 Å². The zero-order valence-electron chi connectivity index (χ0n) is 19.8. The van der Waals surface area contributed by atoms with Gasteiger partial charge < -0.3 is 25.6 Å². The Labute approximate surface area is 205 Å². The number of likely N-dealkylation sites (N-methyl/N-ethyl adjacent to an activating group) is 1. The number of fused-ring (bicyclic) bond motifs is 1. The summed E-state index contributed by atoms with van der Waals surface area (Å²) in [5.41, 5.74) is 2.43. The summed E-state index contributed by atoms with van der Waals surface area (Å²) >= 11 is 0. The van der Waals surface area contributed by atoms with Crippen molar-refractivity contribution < 1.29 is 19.1 Å². The van der Waals surface area contributed by atoms with Gasteiger partial charge in [-0.2, -0.15) is 0 Å². The molecule has 0 radical (unpaired) electrons. The number of carbonyl (C=O) groups is 3. The molecule has 2 aliphatic heterocycles. The summed E-state index contributed by atoms with van der Waals surface area (Å²) in [6, 6.07) is 14.1. The van der Waals surface area contributed by atoms with E-state index in [-0.39, 0.29) is 12.5 Å². The Balaban J connectivity index is 1.35. The molecule has 1 fully saturated rings. The van der Waals surface area contributed by atoms with Gasteiger partial charge in [0.1, 0.15) is 18.4 Å². The molecule has 2 aliphatic rings. The van der Waals surface area contributed by atoms with Crippen LogP contribution in [0.2, 0.25) is 0 Å². The molecular formula is C27H30N4O4. The first kappa shape index (κ1) is 24.3. The Morgan fingerprint density at radius 3 is 2.66 bits per heavy atom. The van der Waals surface area contributed by atoms with E-state index in [9.17, 15) is 14.4 Å². The molecule has 35 heavy (non-hydrogen) atoms. The second-order valence-corrected chi connectivity index (χ2v) is 8.70. The molecule has 3 amide bonds. The van der Waals surface area contributed by atoms with Crippen LogP contribution in [0, 0.1) is 17.8 Å². The molecule has 3 N–H and O–H groups in total. The van der Waals surface area contributed by atoms with Crippen LogP contribution in [-0.4, -0.2) is 57.1 Å². The molecule has 0 bridgehead atoms. The average Bonchev–Trinajstić information content (AvgIpc) is 3.00. The lowest BCUT2D eigenvalue weighted by Crippen LogP contribution is -2.53. The van der Waals surface area contributed by atoms with Gasteiger partial charge in [0.25, 0.3) is 5.91 Å². The van der Waals surface area contributed by atoms with Crippen molar-refractivity contribution in [2.45, 2.75) is 25.3 Å². The van der Waals surface area contributed by atoms with Gasteiger partial charge in [-0.05, 0) is 56.1 Å². The smallest absolute Gasteiger partial charge is 0.310 e. The number of benzene rings is 2. The van der Waals surface area contributed by atoms with E-state index in [1.807, 2.05) is 42.5 Å². The largest absolute Gasteiger partial charge is 0.489 e. The molecule has 0 aromatic heterocycles. The van der Waals surface area contributed by atoms with Crippen molar-refractivity contribution in [3.8, 4) is 17.6 Å². The predicted octanol–water partition coefficient (Wildman–Crippen LogP) is 1.24. The predicted molar refractivity (Wildman–Crippen MR) is 133 cm³/mol. The molecule has 0 aliphatic carbocycles. The van der Waals surface area contributed by atoms with E-state index in [4.69, 9.17) is 4.74 Å². The molecule has 1 atom stereocenters. The first-order valence-corrected chi connectivity index (χ1v) is 11.9. The van der Waals surface area contributed by atoms with Gasteiger partial charge in [-0.15, -0.1) is 0 Å². The maximum atomic E-state index is 13.0. The number of amides is 3. The summed E-state index contributed by atoms with van der Waals surface area (Å²) in [6.07, 6.45) is 2.66. The van der Waals surface area contributed by atoms with Crippen molar-refractivity contribution in [1.29, 1.82) is 0 Å². The van der Waals surface area contributed by atoms with E-state index >= 15 is 0 Å². The number of anilines is 1. The molecule has 0 spiro atoms. The van der Waals surface area contributed by atoms with Gasteiger partial charge in [-0.1, -0.05) is 42.2 Å². The quantitative estimate of drug-likeness (QED) is 0.457. The van der Waals surface area contributed by atoms with Gasteiger partial charge >= 0.3 is 11.8 Å². The Morgan fingerprint density at radius 2 is 1.89 bits per heavy atom. The fraction of sp³-hybridized carbons (Fsp3) is 0.370. The number of ether oxygens (including phenoxy) is 1. The number of piperidine rings is 1. The highest BCUT2D eigenvalue weighted by molar-refractivity contribution is 6.35. The molecule has 2 aromatic carbocycles. The van der Waals surface area contributed by atoms with E-state index < -0.39 is 17.9 Å². The van der Waals surface area contributed by atoms with Gasteiger partial charge in [0, 0.05) is 25.1 Å². The normalized spacial score (nSPS) is 17.8. The van der Waals surface area contributed by atoms with E-state index in [0.29, 0.717) is 30.3 Å². The van der Waals surface area contributed by atoms with Gasteiger partial charge in [0.05, 0.1) is 5.69 Å². The fourth-order valence-electron chi connectivity index (χ4n) is 4.10. The molecule has 0 saturated carbocycles. The number of carbonyl (C=O) groups excluding carboxylic acids is 3. The van der Waals surface area contributed by atoms with Crippen LogP contribution in [0.1, 0.15) is 24.0 Å². The van der Waals surface area contributed by atoms with Crippen LogP contribution in [0.25, 0.3) is 0 Å². The Morgan fingerprint density at radius 1 is 1.11 bits per heavy atom. The van der Waals surface area contributed by atoms with Crippen LogP contribution in [0.3, 0.4) is 0 Å². The van der Waals surface area contributed by atoms with Crippen LogP contribution in [0.15, 0.2) is 48.5 Å². The van der Waals surface area contributed by atoms with Gasteiger partial charge in [0.2, 0.25) is 0 Å². The number of hydrogen-bond acceptors (Lipinski definition) is 5. The van der Waals surface area contributed by atoms with Crippen LogP contribution < -0.4 is 25.6 Å². The third kappa shape index (κ3) is 6.40. The first-order chi connectivity index (χ1) is 17.0. The molecule has 2 heterocycles.